The Bertz CT molecular complexity index is 431. The number of piperazine rings is 1. The number of aldehydes is 1. The predicted octanol–water partition coefficient (Wildman–Crippen LogP) is -0.126. The van der Waals surface area contributed by atoms with Crippen LogP contribution in [0.25, 0.3) is 0 Å². The van der Waals surface area contributed by atoms with Crippen LogP contribution in [0.1, 0.15) is 5.56 Å². The Labute approximate surface area is 107 Å². The zero-order valence-electron chi connectivity index (χ0n) is 10.4. The van der Waals surface area contributed by atoms with Gasteiger partial charge in [-0.2, -0.15) is 0 Å². The molecule has 96 valence electrons. The summed E-state index contributed by atoms with van der Waals surface area (Å²) < 4.78 is 0. The monoisotopic (exact) mass is 246 g/mol. The second kappa shape index (κ2) is 5.04. The third-order valence-corrected chi connectivity index (χ3v) is 3.73. The number of aromatic nitrogens is 1. The van der Waals surface area contributed by atoms with Gasteiger partial charge in [0, 0.05) is 38.9 Å². The molecular formula is C13H18N4O. The van der Waals surface area contributed by atoms with Crippen molar-refractivity contribution in [1.29, 1.82) is 0 Å². The predicted molar refractivity (Wildman–Crippen MR) is 69.6 cm³/mol. The Morgan fingerprint density at radius 3 is 2.94 bits per heavy atom. The number of hydrogen-bond acceptors (Lipinski definition) is 5. The van der Waals surface area contributed by atoms with Gasteiger partial charge in [-0.15, -0.1) is 0 Å². The third kappa shape index (κ3) is 2.00. The van der Waals surface area contributed by atoms with Crippen LogP contribution in [-0.2, 0) is 11.2 Å². The van der Waals surface area contributed by atoms with Crippen LogP contribution in [0.4, 0.5) is 5.82 Å². The maximum Gasteiger partial charge on any atom is 0.157 e. The number of nitrogens with one attached hydrogen (secondary N) is 1. The highest BCUT2D eigenvalue weighted by atomic mass is 16.1. The van der Waals surface area contributed by atoms with Crippen LogP contribution in [0.3, 0.4) is 0 Å². The summed E-state index contributed by atoms with van der Waals surface area (Å²) in [4.78, 5) is 20.3. The Hall–Kier alpha value is -1.46. The van der Waals surface area contributed by atoms with Crippen LogP contribution < -0.4 is 10.2 Å². The number of rotatable bonds is 3. The van der Waals surface area contributed by atoms with E-state index in [2.05, 4.69) is 26.2 Å². The molecule has 1 fully saturated rings. The van der Waals surface area contributed by atoms with E-state index < -0.39 is 0 Å². The Morgan fingerprint density at radius 2 is 2.17 bits per heavy atom. The zero-order valence-corrected chi connectivity index (χ0v) is 10.4. The van der Waals surface area contributed by atoms with E-state index in [0.717, 1.165) is 51.2 Å². The van der Waals surface area contributed by atoms with Gasteiger partial charge in [-0.1, -0.05) is 6.07 Å². The van der Waals surface area contributed by atoms with Crippen LogP contribution in [0, 0.1) is 0 Å². The second-order valence-corrected chi connectivity index (χ2v) is 4.77. The fraction of sp³-hybridized carbons (Fsp3) is 0.538. The highest BCUT2D eigenvalue weighted by molar-refractivity contribution is 5.67. The van der Waals surface area contributed by atoms with Crippen LogP contribution in [-0.4, -0.2) is 55.1 Å². The van der Waals surface area contributed by atoms with Crippen molar-refractivity contribution < 1.29 is 4.79 Å². The van der Waals surface area contributed by atoms with Gasteiger partial charge in [0.15, 0.2) is 6.29 Å². The summed E-state index contributed by atoms with van der Waals surface area (Å²) in [6.07, 6.45) is 3.68. The number of pyridine rings is 1. The van der Waals surface area contributed by atoms with Crippen molar-refractivity contribution in [3.8, 4) is 0 Å². The molecule has 2 aliphatic rings. The van der Waals surface area contributed by atoms with E-state index in [4.69, 9.17) is 0 Å². The number of anilines is 1. The minimum absolute atomic E-state index is 0.164. The lowest BCUT2D eigenvalue weighted by atomic mass is 10.2. The molecule has 5 nitrogen and oxygen atoms in total. The van der Waals surface area contributed by atoms with E-state index in [-0.39, 0.29) is 6.17 Å². The topological polar surface area (TPSA) is 48.5 Å². The lowest BCUT2D eigenvalue weighted by molar-refractivity contribution is -0.112. The largest absolute Gasteiger partial charge is 0.334 e. The van der Waals surface area contributed by atoms with Crippen LogP contribution >= 0.6 is 0 Å². The highest BCUT2D eigenvalue weighted by Crippen LogP contribution is 2.27. The molecule has 1 N–H and O–H groups in total. The SMILES string of the molecule is O=CC(N1CCNCC1)N1CCc2cccnc21. The molecule has 1 atom stereocenters. The maximum absolute atomic E-state index is 11.5. The zero-order chi connectivity index (χ0) is 12.4. The molecule has 5 heteroatoms. The molecule has 0 saturated carbocycles. The van der Waals surface area contributed by atoms with Gasteiger partial charge in [0.1, 0.15) is 12.0 Å². The maximum atomic E-state index is 11.5. The van der Waals surface area contributed by atoms with Crippen LogP contribution in [0.5, 0.6) is 0 Å². The summed E-state index contributed by atoms with van der Waals surface area (Å²) in [5, 5.41) is 3.31. The Balaban J connectivity index is 1.82. The smallest absolute Gasteiger partial charge is 0.157 e. The second-order valence-electron chi connectivity index (χ2n) is 4.77. The molecule has 2 aliphatic heterocycles. The molecule has 0 amide bonds. The Morgan fingerprint density at radius 1 is 1.33 bits per heavy atom. The number of fused-ring (bicyclic) bond motifs is 1. The van der Waals surface area contributed by atoms with Crippen molar-refractivity contribution in [2.24, 2.45) is 0 Å². The molecular weight excluding hydrogens is 228 g/mol. The molecule has 1 saturated heterocycles. The first-order chi connectivity index (χ1) is 8.90. The van der Waals surface area contributed by atoms with Crippen molar-refractivity contribution in [2.75, 3.05) is 37.6 Å². The molecule has 1 unspecified atom stereocenters. The highest BCUT2D eigenvalue weighted by Gasteiger charge is 2.31. The molecule has 0 bridgehead atoms. The standard InChI is InChI=1S/C13H18N4O/c18-10-12(16-8-5-14-6-9-16)17-7-3-11-2-1-4-15-13(11)17/h1-2,4,10,12,14H,3,5-9H2. The first kappa shape index (κ1) is 11.6. The molecule has 3 rings (SSSR count). The molecule has 1 aromatic rings. The van der Waals surface area contributed by atoms with E-state index in [1.54, 1.807) is 6.20 Å². The van der Waals surface area contributed by atoms with Crippen molar-refractivity contribution in [3.05, 3.63) is 23.9 Å². The molecule has 18 heavy (non-hydrogen) atoms. The van der Waals surface area contributed by atoms with Crippen molar-refractivity contribution in [3.63, 3.8) is 0 Å². The number of nitrogens with zero attached hydrogens (tertiary/aromatic N) is 3. The Kier molecular flexibility index (Phi) is 3.25. The number of carbonyl (C=O) groups excluding carboxylic acids is 1. The number of hydrogen-bond donors (Lipinski definition) is 1. The van der Waals surface area contributed by atoms with Gasteiger partial charge < -0.3 is 10.2 Å². The van der Waals surface area contributed by atoms with Gasteiger partial charge in [0.2, 0.25) is 0 Å². The summed E-state index contributed by atoms with van der Waals surface area (Å²) >= 11 is 0. The first-order valence-corrected chi connectivity index (χ1v) is 6.51. The van der Waals surface area contributed by atoms with Gasteiger partial charge in [0.05, 0.1) is 0 Å². The fourth-order valence-electron chi connectivity index (χ4n) is 2.79. The van der Waals surface area contributed by atoms with Gasteiger partial charge >= 0.3 is 0 Å². The van der Waals surface area contributed by atoms with E-state index in [0.29, 0.717) is 0 Å². The van der Waals surface area contributed by atoms with Gasteiger partial charge in [-0.05, 0) is 18.1 Å². The third-order valence-electron chi connectivity index (χ3n) is 3.73. The van der Waals surface area contributed by atoms with E-state index in [9.17, 15) is 4.79 Å². The summed E-state index contributed by atoms with van der Waals surface area (Å²) in [5.74, 6) is 0.980. The lowest BCUT2D eigenvalue weighted by Gasteiger charge is -2.37. The van der Waals surface area contributed by atoms with E-state index in [1.165, 1.54) is 5.56 Å². The molecule has 0 aromatic carbocycles. The fourth-order valence-corrected chi connectivity index (χ4v) is 2.79. The van der Waals surface area contributed by atoms with Crippen LogP contribution in [0.2, 0.25) is 0 Å². The average Bonchev–Trinajstić information content (AvgIpc) is 2.85. The summed E-state index contributed by atoms with van der Waals surface area (Å²) in [7, 11) is 0. The van der Waals surface area contributed by atoms with E-state index >= 15 is 0 Å². The normalized spacial score (nSPS) is 21.7. The summed E-state index contributed by atoms with van der Waals surface area (Å²) in [6.45, 7) is 4.63. The summed E-state index contributed by atoms with van der Waals surface area (Å²) in [6, 6.07) is 4.06. The van der Waals surface area contributed by atoms with Crippen LogP contribution in [0.15, 0.2) is 18.3 Å². The minimum atomic E-state index is -0.164. The van der Waals surface area contributed by atoms with Gasteiger partial charge in [0.25, 0.3) is 0 Å². The average molecular weight is 246 g/mol. The molecule has 3 heterocycles. The molecule has 0 aliphatic carbocycles. The summed E-state index contributed by atoms with van der Waals surface area (Å²) in [5.41, 5.74) is 1.25. The molecule has 1 aromatic heterocycles. The van der Waals surface area contributed by atoms with Gasteiger partial charge in [-0.3, -0.25) is 9.69 Å². The van der Waals surface area contributed by atoms with Gasteiger partial charge in [-0.25, -0.2) is 4.98 Å². The van der Waals surface area contributed by atoms with E-state index in [1.807, 2.05) is 6.07 Å². The van der Waals surface area contributed by atoms with Crippen molar-refractivity contribution >= 4 is 12.1 Å². The van der Waals surface area contributed by atoms with Crippen molar-refractivity contribution in [1.82, 2.24) is 15.2 Å². The minimum Gasteiger partial charge on any atom is -0.334 e. The lowest BCUT2D eigenvalue weighted by Crippen LogP contribution is -2.55. The molecule has 0 radical (unpaired) electrons. The quantitative estimate of drug-likeness (QED) is 0.753. The molecule has 0 spiro atoms. The number of carbonyl (C=O) groups is 1. The van der Waals surface area contributed by atoms with Crippen molar-refractivity contribution in [2.45, 2.75) is 12.6 Å². The first-order valence-electron chi connectivity index (χ1n) is 6.51.